The Kier molecular flexibility index (Phi) is 6.04. The molecule has 0 aliphatic carbocycles. The number of thiazole rings is 1. The first-order chi connectivity index (χ1) is 13.7. The monoisotopic (exact) mass is 439 g/mol. The third-order valence-electron chi connectivity index (χ3n) is 3.99. The van der Waals surface area contributed by atoms with Crippen LogP contribution in [0.5, 0.6) is 0 Å². The molecule has 29 heavy (non-hydrogen) atoms. The largest absolute Gasteiger partial charge is 0.418 e. The number of nitrogens with one attached hydrogen (secondary N) is 1. The molecule has 152 valence electrons. The van der Waals surface area contributed by atoms with E-state index in [0.717, 1.165) is 16.5 Å². The fourth-order valence-electron chi connectivity index (χ4n) is 2.59. The molecule has 2 aromatic heterocycles. The van der Waals surface area contributed by atoms with E-state index >= 15 is 0 Å². The number of para-hydroxylation sites is 1. The number of aryl methyl sites for hydroxylation is 1. The van der Waals surface area contributed by atoms with Crippen molar-refractivity contribution in [3.63, 3.8) is 0 Å². The minimum Gasteiger partial charge on any atom is -0.332 e. The summed E-state index contributed by atoms with van der Waals surface area (Å²) in [4.78, 5) is 30.9. The minimum absolute atomic E-state index is 0.348. The molecule has 3 aromatic rings. The van der Waals surface area contributed by atoms with Gasteiger partial charge in [-0.1, -0.05) is 12.1 Å². The predicted molar refractivity (Wildman–Crippen MR) is 107 cm³/mol. The molecule has 0 spiro atoms. The maximum atomic E-state index is 13.1. The van der Waals surface area contributed by atoms with Crippen molar-refractivity contribution in [1.29, 1.82) is 0 Å². The summed E-state index contributed by atoms with van der Waals surface area (Å²) in [6.07, 6.45) is -4.59. The number of carbonyl (C=O) groups is 2. The summed E-state index contributed by atoms with van der Waals surface area (Å²) in [5, 5.41) is 6.76. The Balaban J connectivity index is 1.70. The highest BCUT2D eigenvalue weighted by atomic mass is 32.1. The molecule has 0 atom stereocenters. The van der Waals surface area contributed by atoms with E-state index < -0.39 is 30.1 Å². The zero-order valence-corrected chi connectivity index (χ0v) is 17.0. The fraction of sp³-hybridized carbons (Fsp3) is 0.211. The normalized spacial score (nSPS) is 11.3. The number of nitrogens with zero attached hydrogens (tertiary/aromatic N) is 2. The Morgan fingerprint density at radius 2 is 1.93 bits per heavy atom. The van der Waals surface area contributed by atoms with Crippen LogP contribution in [0.15, 0.2) is 41.1 Å². The van der Waals surface area contributed by atoms with Crippen LogP contribution in [0.25, 0.3) is 10.6 Å². The van der Waals surface area contributed by atoms with Crippen molar-refractivity contribution in [2.75, 3.05) is 18.9 Å². The van der Waals surface area contributed by atoms with Crippen molar-refractivity contribution in [3.8, 4) is 10.6 Å². The third kappa shape index (κ3) is 4.83. The summed E-state index contributed by atoms with van der Waals surface area (Å²) in [7, 11) is 1.42. The fourth-order valence-corrected chi connectivity index (χ4v) is 4.37. The Labute approximate surface area is 172 Å². The van der Waals surface area contributed by atoms with Gasteiger partial charge in [0.15, 0.2) is 0 Å². The highest BCUT2D eigenvalue weighted by molar-refractivity contribution is 7.17. The number of alkyl halides is 3. The summed E-state index contributed by atoms with van der Waals surface area (Å²) >= 11 is 2.73. The number of anilines is 1. The number of aromatic nitrogens is 1. The second kappa shape index (κ2) is 8.34. The van der Waals surface area contributed by atoms with Crippen LogP contribution >= 0.6 is 22.7 Å². The van der Waals surface area contributed by atoms with Gasteiger partial charge in [-0.15, -0.1) is 11.3 Å². The first-order valence-electron chi connectivity index (χ1n) is 8.38. The molecular weight excluding hydrogens is 423 g/mol. The first kappa shape index (κ1) is 21.0. The van der Waals surface area contributed by atoms with Gasteiger partial charge in [0.25, 0.3) is 5.91 Å². The van der Waals surface area contributed by atoms with Crippen LogP contribution < -0.4 is 5.32 Å². The Hall–Kier alpha value is -2.72. The molecule has 0 fully saturated rings. The van der Waals surface area contributed by atoms with E-state index in [4.69, 9.17) is 0 Å². The smallest absolute Gasteiger partial charge is 0.332 e. The topological polar surface area (TPSA) is 62.3 Å². The van der Waals surface area contributed by atoms with Gasteiger partial charge in [0, 0.05) is 18.0 Å². The molecule has 0 radical (unpaired) electrons. The zero-order valence-electron chi connectivity index (χ0n) is 15.4. The van der Waals surface area contributed by atoms with Gasteiger partial charge < -0.3 is 10.2 Å². The lowest BCUT2D eigenvalue weighted by Gasteiger charge is -2.18. The van der Waals surface area contributed by atoms with E-state index in [1.165, 1.54) is 47.9 Å². The van der Waals surface area contributed by atoms with Gasteiger partial charge in [0.2, 0.25) is 5.91 Å². The third-order valence-corrected chi connectivity index (χ3v) is 5.87. The molecule has 0 saturated carbocycles. The van der Waals surface area contributed by atoms with Gasteiger partial charge in [0.1, 0.15) is 9.88 Å². The number of hydrogen-bond donors (Lipinski definition) is 1. The molecule has 0 bridgehead atoms. The quantitative estimate of drug-likeness (QED) is 0.615. The van der Waals surface area contributed by atoms with Gasteiger partial charge in [-0.25, -0.2) is 4.98 Å². The van der Waals surface area contributed by atoms with Crippen LogP contribution in [0.3, 0.4) is 0 Å². The van der Waals surface area contributed by atoms with Gasteiger partial charge in [-0.3, -0.25) is 9.59 Å². The van der Waals surface area contributed by atoms with Crippen molar-refractivity contribution in [3.05, 3.63) is 57.2 Å². The summed E-state index contributed by atoms with van der Waals surface area (Å²) < 4.78 is 39.2. The number of hydrogen-bond acceptors (Lipinski definition) is 5. The second-order valence-corrected chi connectivity index (χ2v) is 7.98. The van der Waals surface area contributed by atoms with Crippen LogP contribution in [0.2, 0.25) is 0 Å². The van der Waals surface area contributed by atoms with Crippen molar-refractivity contribution in [2.24, 2.45) is 0 Å². The lowest BCUT2D eigenvalue weighted by atomic mass is 10.1. The second-order valence-electron chi connectivity index (χ2n) is 6.20. The molecular formula is C19H16F3N3O2S2. The highest BCUT2D eigenvalue weighted by Crippen LogP contribution is 2.34. The van der Waals surface area contributed by atoms with Crippen molar-refractivity contribution in [2.45, 2.75) is 13.1 Å². The average molecular weight is 439 g/mol. The Morgan fingerprint density at radius 1 is 1.21 bits per heavy atom. The summed E-state index contributed by atoms with van der Waals surface area (Å²) in [6, 6.07) is 6.59. The van der Waals surface area contributed by atoms with E-state index in [-0.39, 0.29) is 5.69 Å². The highest BCUT2D eigenvalue weighted by Gasteiger charge is 2.33. The lowest BCUT2D eigenvalue weighted by molar-refractivity contribution is -0.137. The molecule has 0 unspecified atom stereocenters. The lowest BCUT2D eigenvalue weighted by Crippen LogP contribution is -2.35. The zero-order chi connectivity index (χ0) is 21.2. The van der Waals surface area contributed by atoms with Crippen LogP contribution in [0.1, 0.15) is 20.9 Å². The van der Waals surface area contributed by atoms with Crippen LogP contribution in [0.4, 0.5) is 18.9 Å². The maximum Gasteiger partial charge on any atom is 0.418 e. The number of rotatable bonds is 5. The Bertz CT molecular complexity index is 1030. The number of carbonyl (C=O) groups excluding carboxylic acids is 2. The van der Waals surface area contributed by atoms with E-state index in [1.807, 2.05) is 16.8 Å². The number of benzene rings is 1. The minimum atomic E-state index is -4.59. The van der Waals surface area contributed by atoms with E-state index in [1.54, 1.807) is 6.92 Å². The number of amides is 2. The SMILES string of the molecule is Cc1nc(-c2ccsc2)sc1C(=O)N(C)CC(=O)Nc1ccccc1C(F)(F)F. The van der Waals surface area contributed by atoms with Gasteiger partial charge in [-0.05, 0) is 30.5 Å². The molecule has 3 rings (SSSR count). The average Bonchev–Trinajstić information content (AvgIpc) is 3.30. The molecule has 0 aliphatic rings. The summed E-state index contributed by atoms with van der Waals surface area (Å²) in [5.74, 6) is -1.14. The standard InChI is InChI=1S/C19H16F3N3O2S2/c1-11-16(29-17(23-11)12-7-8-28-10-12)18(27)25(2)9-15(26)24-14-6-4-3-5-13(14)19(20,21)22/h3-8,10H,9H2,1-2H3,(H,24,26). The predicted octanol–water partition coefficient (Wildman–Crippen LogP) is 4.91. The number of likely N-dealkylation sites (N-methyl/N-ethyl adjacent to an activating group) is 1. The molecule has 0 aliphatic heterocycles. The van der Waals surface area contributed by atoms with Crippen LogP contribution in [0, 0.1) is 6.92 Å². The van der Waals surface area contributed by atoms with Crippen LogP contribution in [-0.2, 0) is 11.0 Å². The molecule has 5 nitrogen and oxygen atoms in total. The molecule has 0 saturated heterocycles. The maximum absolute atomic E-state index is 13.1. The molecule has 1 aromatic carbocycles. The molecule has 10 heteroatoms. The summed E-state index contributed by atoms with van der Waals surface area (Å²) in [6.45, 7) is 1.31. The van der Waals surface area contributed by atoms with Crippen molar-refractivity contribution < 1.29 is 22.8 Å². The van der Waals surface area contributed by atoms with E-state index in [0.29, 0.717) is 15.6 Å². The molecule has 2 amide bonds. The van der Waals surface area contributed by atoms with Gasteiger partial charge >= 0.3 is 6.18 Å². The van der Waals surface area contributed by atoms with Crippen LogP contribution in [-0.4, -0.2) is 35.3 Å². The van der Waals surface area contributed by atoms with E-state index in [2.05, 4.69) is 10.3 Å². The number of thiophene rings is 1. The molecule has 2 heterocycles. The van der Waals surface area contributed by atoms with Gasteiger partial charge in [-0.2, -0.15) is 24.5 Å². The Morgan fingerprint density at radius 3 is 2.59 bits per heavy atom. The van der Waals surface area contributed by atoms with Gasteiger partial charge in [0.05, 0.1) is 23.5 Å². The summed E-state index contributed by atoms with van der Waals surface area (Å²) in [5.41, 5.74) is 0.155. The van der Waals surface area contributed by atoms with Crippen molar-refractivity contribution in [1.82, 2.24) is 9.88 Å². The van der Waals surface area contributed by atoms with E-state index in [9.17, 15) is 22.8 Å². The number of halogens is 3. The first-order valence-corrected chi connectivity index (χ1v) is 10.1. The molecule has 1 N–H and O–H groups in total. The van der Waals surface area contributed by atoms with Crippen molar-refractivity contribution >= 4 is 40.2 Å².